The maximum atomic E-state index is 14.7. The van der Waals surface area contributed by atoms with E-state index in [-0.39, 0.29) is 81.6 Å². The Morgan fingerprint density at radius 3 is 2.26 bits per heavy atom. The Morgan fingerprint density at radius 2 is 1.57 bits per heavy atom. The van der Waals surface area contributed by atoms with Crippen molar-refractivity contribution in [1.82, 2.24) is 5.32 Å². The molecule has 1 aromatic carbocycles. The van der Waals surface area contributed by atoms with E-state index in [9.17, 15) is 19.2 Å². The number of allylic oxidation sites excluding steroid dienone is 2. The molecule has 9 atom stereocenters. The number of benzene rings is 1. The summed E-state index contributed by atoms with van der Waals surface area (Å²) < 4.78 is 5.93. The molecule has 2 N–H and O–H groups in total. The Kier molecular flexibility index (Phi) is 8.16. The van der Waals surface area contributed by atoms with Crippen LogP contribution in [0.1, 0.15) is 112 Å². The first-order chi connectivity index (χ1) is 21.9. The van der Waals surface area contributed by atoms with Crippen LogP contribution < -0.4 is 5.32 Å². The summed E-state index contributed by atoms with van der Waals surface area (Å²) in [5.74, 6) is -1.29. The van der Waals surface area contributed by atoms with Gasteiger partial charge in [-0.1, -0.05) is 77.4 Å². The smallest absolute Gasteiger partial charge is 0.322 e. The molecule has 0 radical (unpaired) electrons. The van der Waals surface area contributed by atoms with Gasteiger partial charge in [0.15, 0.2) is 5.78 Å². The number of carbonyl (C=O) groups is 4. The number of carbonyl (C=O) groups excluding carboxylic acids is 3. The lowest BCUT2D eigenvalue weighted by Gasteiger charge is -2.70. The van der Waals surface area contributed by atoms with Crippen LogP contribution in [-0.4, -0.2) is 35.3 Å². The van der Waals surface area contributed by atoms with Crippen LogP contribution in [0.5, 0.6) is 0 Å². The SMILES string of the molecule is CC1(C)[C@@H](C(=O)NCC(=O)O)CC[C@]2(C)[C@H]3C(=O)C=C4C5C[C@@](C)(C(=O)OCc6ccccc6)CC[C@]5(C)CC[C@@]4(C)[C@]3(C)CC[C@@H]12. The second-order valence-corrected chi connectivity index (χ2v) is 17.8. The third-order valence-corrected chi connectivity index (χ3v) is 15.0. The van der Waals surface area contributed by atoms with Crippen molar-refractivity contribution in [3.05, 3.63) is 47.5 Å². The minimum atomic E-state index is -1.04. The normalized spacial score (nSPS) is 42.0. The fraction of sp³-hybridized carbons (Fsp3) is 0.700. The van der Waals surface area contributed by atoms with Gasteiger partial charge in [-0.2, -0.15) is 0 Å². The van der Waals surface area contributed by atoms with Crippen molar-refractivity contribution in [2.24, 2.45) is 56.2 Å². The first-order valence-electron chi connectivity index (χ1n) is 17.9. The van der Waals surface area contributed by atoms with Crippen molar-refractivity contribution in [2.75, 3.05) is 6.54 Å². The van der Waals surface area contributed by atoms with E-state index in [2.05, 4.69) is 53.8 Å². The van der Waals surface area contributed by atoms with Crippen LogP contribution in [0.2, 0.25) is 0 Å². The highest BCUT2D eigenvalue weighted by atomic mass is 16.5. The molecule has 0 spiro atoms. The molecule has 256 valence electrons. The van der Waals surface area contributed by atoms with Gasteiger partial charge in [0.1, 0.15) is 13.2 Å². The van der Waals surface area contributed by atoms with Gasteiger partial charge in [-0.15, -0.1) is 0 Å². The number of rotatable bonds is 6. The standard InChI is InChI=1S/C40H55NO6/c1-35(2)26(33(45)41-23-31(43)44)13-15-38(5)30(35)14-16-40(7)32(38)29(42)21-27-28-22-37(4,18-17-36(28,3)19-20-39(27,40)6)34(46)47-24-25-11-9-8-10-12-25/h8-12,21,26,28,30,32H,13-20,22-24H2,1-7H3,(H,41,45)(H,43,44)/t26-,28?,30+,32-,36-,37+,38+,39-,40-/m1/s1. The molecular formula is C40H55NO6. The molecule has 1 aromatic rings. The van der Waals surface area contributed by atoms with Gasteiger partial charge in [-0.25, -0.2) is 0 Å². The van der Waals surface area contributed by atoms with Crippen molar-refractivity contribution in [2.45, 2.75) is 113 Å². The number of ether oxygens (including phenoxy) is 1. The number of carboxylic acid groups (broad SMARTS) is 1. The number of carboxylic acids is 1. The molecule has 47 heavy (non-hydrogen) atoms. The highest BCUT2D eigenvalue weighted by molar-refractivity contribution is 5.96. The van der Waals surface area contributed by atoms with Crippen molar-refractivity contribution >= 4 is 23.6 Å². The maximum Gasteiger partial charge on any atom is 0.322 e. The highest BCUT2D eigenvalue weighted by Gasteiger charge is 2.70. The Morgan fingerprint density at radius 1 is 0.894 bits per heavy atom. The van der Waals surface area contributed by atoms with E-state index in [1.54, 1.807) is 0 Å². The molecule has 7 heteroatoms. The zero-order valence-corrected chi connectivity index (χ0v) is 29.5. The average molecular weight is 646 g/mol. The highest BCUT2D eigenvalue weighted by Crippen LogP contribution is 2.75. The summed E-state index contributed by atoms with van der Waals surface area (Å²) in [4.78, 5) is 52.8. The van der Waals surface area contributed by atoms with Gasteiger partial charge in [-0.05, 0) is 115 Å². The van der Waals surface area contributed by atoms with E-state index in [0.29, 0.717) is 12.8 Å². The lowest BCUT2D eigenvalue weighted by Crippen LogP contribution is -2.66. The van der Waals surface area contributed by atoms with Crippen molar-refractivity contribution in [3.8, 4) is 0 Å². The summed E-state index contributed by atoms with van der Waals surface area (Å²) in [5, 5.41) is 11.8. The minimum absolute atomic E-state index is 0.0402. The predicted octanol–water partition coefficient (Wildman–Crippen LogP) is 7.53. The van der Waals surface area contributed by atoms with Crippen LogP contribution in [0.25, 0.3) is 0 Å². The molecular weight excluding hydrogens is 590 g/mol. The van der Waals surface area contributed by atoms with E-state index in [0.717, 1.165) is 50.5 Å². The molecule has 0 saturated heterocycles. The second-order valence-electron chi connectivity index (χ2n) is 17.8. The predicted molar refractivity (Wildman–Crippen MR) is 180 cm³/mol. The van der Waals surface area contributed by atoms with Crippen LogP contribution in [0.4, 0.5) is 0 Å². The summed E-state index contributed by atoms with van der Waals surface area (Å²) in [6.07, 6.45) is 9.82. The van der Waals surface area contributed by atoms with Gasteiger partial charge < -0.3 is 15.2 Å². The van der Waals surface area contributed by atoms with Crippen molar-refractivity contribution < 1.29 is 29.0 Å². The van der Waals surface area contributed by atoms with E-state index >= 15 is 0 Å². The Balaban J connectivity index is 1.30. The molecule has 4 fully saturated rings. The number of hydrogen-bond acceptors (Lipinski definition) is 5. The Hall–Kier alpha value is -2.96. The summed E-state index contributed by atoms with van der Waals surface area (Å²) in [5.41, 5.74) is 0.623. The number of aliphatic carboxylic acids is 1. The van der Waals surface area contributed by atoms with Crippen LogP contribution in [0, 0.1) is 56.2 Å². The second kappa shape index (κ2) is 11.3. The maximum absolute atomic E-state index is 14.7. The van der Waals surface area contributed by atoms with E-state index in [4.69, 9.17) is 9.84 Å². The van der Waals surface area contributed by atoms with E-state index in [1.165, 1.54) is 5.57 Å². The molecule has 6 rings (SSSR count). The molecule has 5 aliphatic rings. The fourth-order valence-corrected chi connectivity index (χ4v) is 12.0. The summed E-state index contributed by atoms with van der Waals surface area (Å²) in [7, 11) is 0. The number of esters is 1. The first kappa shape index (κ1) is 33.9. The van der Waals surface area contributed by atoms with Gasteiger partial charge in [0.05, 0.1) is 5.41 Å². The molecule has 0 aromatic heterocycles. The number of nitrogens with one attached hydrogen (secondary N) is 1. The molecule has 0 bridgehead atoms. The lowest BCUT2D eigenvalue weighted by atomic mass is 9.33. The van der Waals surface area contributed by atoms with Gasteiger partial charge in [0.25, 0.3) is 0 Å². The Labute approximate surface area is 280 Å². The monoisotopic (exact) mass is 645 g/mol. The molecule has 1 amide bonds. The number of ketones is 1. The topological polar surface area (TPSA) is 110 Å². The van der Waals surface area contributed by atoms with Gasteiger partial charge >= 0.3 is 11.9 Å². The van der Waals surface area contributed by atoms with E-state index in [1.807, 2.05) is 36.4 Å². The van der Waals surface area contributed by atoms with Crippen molar-refractivity contribution in [1.29, 1.82) is 0 Å². The van der Waals surface area contributed by atoms with Gasteiger partial charge in [-0.3, -0.25) is 19.2 Å². The van der Waals surface area contributed by atoms with Crippen molar-refractivity contribution in [3.63, 3.8) is 0 Å². The summed E-state index contributed by atoms with van der Waals surface area (Å²) in [6.45, 7) is 15.8. The van der Waals surface area contributed by atoms with Crippen LogP contribution >= 0.6 is 0 Å². The average Bonchev–Trinajstić information content (AvgIpc) is 3.00. The zero-order valence-electron chi connectivity index (χ0n) is 29.5. The molecule has 7 nitrogen and oxygen atoms in total. The summed E-state index contributed by atoms with van der Waals surface area (Å²) >= 11 is 0. The van der Waals surface area contributed by atoms with E-state index < -0.39 is 11.4 Å². The number of amides is 1. The zero-order chi connectivity index (χ0) is 34.2. The molecule has 5 aliphatic carbocycles. The van der Waals surface area contributed by atoms with Gasteiger partial charge in [0, 0.05) is 11.8 Å². The Bertz CT molecular complexity index is 1500. The molecule has 4 saturated carbocycles. The summed E-state index contributed by atoms with van der Waals surface area (Å²) in [6, 6.07) is 9.83. The third kappa shape index (κ3) is 5.12. The van der Waals surface area contributed by atoms with Crippen LogP contribution in [-0.2, 0) is 30.5 Å². The minimum Gasteiger partial charge on any atom is -0.480 e. The fourth-order valence-electron chi connectivity index (χ4n) is 12.0. The molecule has 1 unspecified atom stereocenters. The molecule has 0 heterocycles. The number of fused-ring (bicyclic) bond motifs is 7. The molecule has 0 aliphatic heterocycles. The van der Waals surface area contributed by atoms with Gasteiger partial charge in [0.2, 0.25) is 5.91 Å². The third-order valence-electron chi connectivity index (χ3n) is 15.0. The van der Waals surface area contributed by atoms with Crippen LogP contribution in [0.15, 0.2) is 42.0 Å². The quantitative estimate of drug-likeness (QED) is 0.310. The largest absolute Gasteiger partial charge is 0.480 e. The lowest BCUT2D eigenvalue weighted by molar-refractivity contribution is -0.195. The first-order valence-corrected chi connectivity index (χ1v) is 17.9. The van der Waals surface area contributed by atoms with Crippen LogP contribution in [0.3, 0.4) is 0 Å². The number of hydrogen-bond donors (Lipinski definition) is 2.